The smallest absolute Gasteiger partial charge is 0.137 e. The average molecular weight is 254 g/mol. The number of fused-ring (bicyclic) bond motifs is 1. The van der Waals surface area contributed by atoms with Crippen LogP contribution < -0.4 is 5.73 Å². The third kappa shape index (κ3) is 1.35. The molecule has 2 N–H and O–H groups in total. The van der Waals surface area contributed by atoms with Gasteiger partial charge in [0.25, 0.3) is 0 Å². The summed E-state index contributed by atoms with van der Waals surface area (Å²) in [6, 6.07) is 2.05. The molecule has 0 atom stereocenters. The first-order chi connectivity index (χ1) is 6.63. The molecule has 0 saturated heterocycles. The van der Waals surface area contributed by atoms with Gasteiger partial charge in [0.2, 0.25) is 0 Å². The zero-order chi connectivity index (χ0) is 10.3. The maximum Gasteiger partial charge on any atom is 0.137 e. The normalized spacial score (nSPS) is 11.1. The van der Waals surface area contributed by atoms with Crippen molar-refractivity contribution in [3.63, 3.8) is 0 Å². The quantitative estimate of drug-likeness (QED) is 0.847. The molecule has 2 aromatic rings. The summed E-state index contributed by atoms with van der Waals surface area (Å²) >= 11 is 3.50. The van der Waals surface area contributed by atoms with E-state index in [-0.39, 0.29) is 0 Å². The van der Waals surface area contributed by atoms with E-state index >= 15 is 0 Å². The highest BCUT2D eigenvalue weighted by Crippen LogP contribution is 2.20. The van der Waals surface area contributed by atoms with E-state index in [1.807, 2.05) is 17.5 Å². The molecule has 0 aromatic carbocycles. The van der Waals surface area contributed by atoms with E-state index in [2.05, 4.69) is 33.9 Å². The Morgan fingerprint density at radius 1 is 1.50 bits per heavy atom. The van der Waals surface area contributed by atoms with Crippen molar-refractivity contribution in [2.75, 3.05) is 0 Å². The van der Waals surface area contributed by atoms with Gasteiger partial charge in [-0.1, -0.05) is 0 Å². The number of aromatic nitrogens is 2. The first kappa shape index (κ1) is 9.68. The summed E-state index contributed by atoms with van der Waals surface area (Å²) in [6.07, 6.45) is 2.02. The fourth-order valence-electron chi connectivity index (χ4n) is 1.57. The fourth-order valence-corrected chi connectivity index (χ4v) is 1.89. The first-order valence-electron chi connectivity index (χ1n) is 4.47. The monoisotopic (exact) mass is 253 g/mol. The zero-order valence-corrected chi connectivity index (χ0v) is 9.80. The van der Waals surface area contributed by atoms with Crippen LogP contribution in [0.4, 0.5) is 0 Å². The molecule has 0 radical (unpaired) electrons. The molecule has 0 bridgehead atoms. The van der Waals surface area contributed by atoms with Crippen molar-refractivity contribution in [1.82, 2.24) is 9.38 Å². The van der Waals surface area contributed by atoms with Crippen molar-refractivity contribution in [3.8, 4) is 0 Å². The summed E-state index contributed by atoms with van der Waals surface area (Å²) in [4.78, 5) is 4.45. The third-order valence-electron chi connectivity index (χ3n) is 2.40. The molecule has 3 nitrogen and oxygen atoms in total. The minimum Gasteiger partial charge on any atom is -0.325 e. The van der Waals surface area contributed by atoms with Crippen molar-refractivity contribution >= 4 is 21.6 Å². The molecule has 0 unspecified atom stereocenters. The molecule has 4 heteroatoms. The average Bonchev–Trinajstić information content (AvgIpc) is 2.42. The van der Waals surface area contributed by atoms with Crippen molar-refractivity contribution in [1.29, 1.82) is 0 Å². The zero-order valence-electron chi connectivity index (χ0n) is 8.21. The van der Waals surface area contributed by atoms with Crippen LogP contribution in [0.15, 0.2) is 16.7 Å². The Hall–Kier alpha value is -0.870. The van der Waals surface area contributed by atoms with Crippen LogP contribution in [0.1, 0.15) is 17.0 Å². The van der Waals surface area contributed by atoms with Gasteiger partial charge in [0.15, 0.2) is 0 Å². The number of nitrogens with zero attached hydrogens (tertiary/aromatic N) is 2. The maximum absolute atomic E-state index is 5.67. The Balaban J connectivity index is 2.82. The number of rotatable bonds is 1. The molecule has 14 heavy (non-hydrogen) atoms. The Kier molecular flexibility index (Phi) is 2.33. The van der Waals surface area contributed by atoms with Crippen molar-refractivity contribution < 1.29 is 0 Å². The second-order valence-electron chi connectivity index (χ2n) is 3.38. The van der Waals surface area contributed by atoms with Gasteiger partial charge in [0.05, 0.1) is 11.4 Å². The van der Waals surface area contributed by atoms with Gasteiger partial charge in [-0.3, -0.25) is 0 Å². The molecule has 0 amide bonds. The van der Waals surface area contributed by atoms with E-state index in [1.165, 1.54) is 5.56 Å². The van der Waals surface area contributed by atoms with E-state index < -0.39 is 0 Å². The number of hydrogen-bond donors (Lipinski definition) is 1. The molecule has 0 spiro atoms. The van der Waals surface area contributed by atoms with Crippen LogP contribution in [0.25, 0.3) is 5.65 Å². The lowest BCUT2D eigenvalue weighted by Gasteiger charge is -2.02. The molecule has 2 aromatic heterocycles. The van der Waals surface area contributed by atoms with Gasteiger partial charge in [-0.2, -0.15) is 0 Å². The second-order valence-corrected chi connectivity index (χ2v) is 4.23. The number of hydrogen-bond acceptors (Lipinski definition) is 2. The molecule has 0 saturated carbocycles. The molecule has 2 rings (SSSR count). The van der Waals surface area contributed by atoms with Crippen LogP contribution in [0.3, 0.4) is 0 Å². The molecular formula is C10H12BrN3. The Morgan fingerprint density at radius 2 is 2.21 bits per heavy atom. The largest absolute Gasteiger partial charge is 0.325 e. The highest BCUT2D eigenvalue weighted by Gasteiger charge is 2.08. The summed E-state index contributed by atoms with van der Waals surface area (Å²) in [5.74, 6) is 0. The van der Waals surface area contributed by atoms with Crippen LogP contribution >= 0.6 is 15.9 Å². The summed E-state index contributed by atoms with van der Waals surface area (Å²) in [5, 5.41) is 0. The molecule has 0 aliphatic carbocycles. The Bertz CT molecular complexity index is 488. The van der Waals surface area contributed by atoms with Gasteiger partial charge in [0, 0.05) is 17.2 Å². The van der Waals surface area contributed by atoms with Gasteiger partial charge < -0.3 is 10.1 Å². The number of imidazole rings is 1. The van der Waals surface area contributed by atoms with Crippen molar-refractivity contribution in [3.05, 3.63) is 33.7 Å². The van der Waals surface area contributed by atoms with E-state index in [9.17, 15) is 0 Å². The SMILES string of the molecule is Cc1cc2nc(C)c(CN)n2cc1Br. The van der Waals surface area contributed by atoms with Crippen molar-refractivity contribution in [2.45, 2.75) is 20.4 Å². The van der Waals surface area contributed by atoms with Gasteiger partial charge >= 0.3 is 0 Å². The van der Waals surface area contributed by atoms with Crippen LogP contribution in [0.5, 0.6) is 0 Å². The van der Waals surface area contributed by atoms with Crippen LogP contribution in [-0.2, 0) is 6.54 Å². The number of nitrogens with two attached hydrogens (primary N) is 1. The fraction of sp³-hybridized carbons (Fsp3) is 0.300. The number of aryl methyl sites for hydroxylation is 2. The second kappa shape index (κ2) is 3.37. The number of pyridine rings is 1. The molecule has 0 aliphatic heterocycles. The molecule has 74 valence electrons. The molecule has 2 heterocycles. The summed E-state index contributed by atoms with van der Waals surface area (Å²) in [5.41, 5.74) is 9.90. The van der Waals surface area contributed by atoms with E-state index in [0.29, 0.717) is 6.54 Å². The molecule has 0 fully saturated rings. The summed E-state index contributed by atoms with van der Waals surface area (Å²) in [7, 11) is 0. The van der Waals surface area contributed by atoms with Gasteiger partial charge in [-0.25, -0.2) is 4.98 Å². The van der Waals surface area contributed by atoms with E-state index in [1.54, 1.807) is 0 Å². The minimum absolute atomic E-state index is 0.516. The third-order valence-corrected chi connectivity index (χ3v) is 3.23. The van der Waals surface area contributed by atoms with E-state index in [4.69, 9.17) is 5.73 Å². The van der Waals surface area contributed by atoms with Gasteiger partial charge in [-0.05, 0) is 41.4 Å². The van der Waals surface area contributed by atoms with Gasteiger partial charge in [0.1, 0.15) is 5.65 Å². The predicted molar refractivity (Wildman–Crippen MR) is 60.3 cm³/mol. The topological polar surface area (TPSA) is 43.3 Å². The Labute approximate surface area is 91.1 Å². The van der Waals surface area contributed by atoms with Crippen molar-refractivity contribution in [2.24, 2.45) is 5.73 Å². The van der Waals surface area contributed by atoms with Crippen LogP contribution in [-0.4, -0.2) is 9.38 Å². The van der Waals surface area contributed by atoms with Crippen LogP contribution in [0.2, 0.25) is 0 Å². The lowest BCUT2D eigenvalue weighted by Crippen LogP contribution is -2.02. The number of halogens is 1. The van der Waals surface area contributed by atoms with E-state index in [0.717, 1.165) is 21.5 Å². The first-order valence-corrected chi connectivity index (χ1v) is 5.26. The summed E-state index contributed by atoms with van der Waals surface area (Å²) in [6.45, 7) is 4.55. The standard InChI is InChI=1S/C10H12BrN3/c1-6-3-10-13-7(2)9(4-12)14(10)5-8(6)11/h3,5H,4,12H2,1-2H3. The molecule has 0 aliphatic rings. The highest BCUT2D eigenvalue weighted by atomic mass is 79.9. The predicted octanol–water partition coefficient (Wildman–Crippen LogP) is 2.17. The van der Waals surface area contributed by atoms with Gasteiger partial charge in [-0.15, -0.1) is 0 Å². The maximum atomic E-state index is 5.67. The Morgan fingerprint density at radius 3 is 2.86 bits per heavy atom. The lowest BCUT2D eigenvalue weighted by molar-refractivity contribution is 0.940. The highest BCUT2D eigenvalue weighted by molar-refractivity contribution is 9.10. The molecular weight excluding hydrogens is 242 g/mol. The minimum atomic E-state index is 0.516. The summed E-state index contributed by atoms with van der Waals surface area (Å²) < 4.78 is 3.11. The van der Waals surface area contributed by atoms with Crippen LogP contribution in [0, 0.1) is 13.8 Å². The lowest BCUT2D eigenvalue weighted by atomic mass is 10.3.